The zero-order valence-corrected chi connectivity index (χ0v) is 7.63. The van der Waals surface area contributed by atoms with E-state index in [0.717, 1.165) is 0 Å². The summed E-state index contributed by atoms with van der Waals surface area (Å²) in [6.45, 7) is 1.94. The van der Waals surface area contributed by atoms with Gasteiger partial charge < -0.3 is 10.2 Å². The Morgan fingerprint density at radius 1 is 1.50 bits per heavy atom. The molecule has 0 aliphatic carbocycles. The largest absolute Gasteiger partial charge is 0.356 e. The third kappa shape index (κ3) is 4.49. The van der Waals surface area contributed by atoms with E-state index in [-0.39, 0.29) is 11.8 Å². The lowest BCUT2D eigenvalue weighted by Gasteiger charge is -2.10. The molecular formula is C8H14N2O2. The van der Waals surface area contributed by atoms with Crippen molar-refractivity contribution in [3.63, 3.8) is 0 Å². The summed E-state index contributed by atoms with van der Waals surface area (Å²) >= 11 is 0. The lowest BCUT2D eigenvalue weighted by atomic mass is 10.4. The van der Waals surface area contributed by atoms with Crippen molar-refractivity contribution in [1.82, 2.24) is 10.2 Å². The van der Waals surface area contributed by atoms with E-state index < -0.39 is 0 Å². The van der Waals surface area contributed by atoms with Crippen molar-refractivity contribution in [2.45, 2.75) is 6.92 Å². The highest BCUT2D eigenvalue weighted by Crippen LogP contribution is 1.84. The van der Waals surface area contributed by atoms with Gasteiger partial charge in [0.2, 0.25) is 11.8 Å². The van der Waals surface area contributed by atoms with Crippen molar-refractivity contribution in [3.05, 3.63) is 12.2 Å². The number of nitrogens with zero attached hydrogens (tertiary/aromatic N) is 1. The molecule has 0 rings (SSSR count). The molecule has 4 heteroatoms. The lowest BCUT2D eigenvalue weighted by molar-refractivity contribution is -0.127. The molecule has 0 saturated carbocycles. The molecule has 0 aromatic heterocycles. The van der Waals surface area contributed by atoms with Crippen LogP contribution in [-0.2, 0) is 9.59 Å². The zero-order valence-electron chi connectivity index (χ0n) is 7.63. The number of nitrogens with one attached hydrogen (secondary N) is 1. The Labute approximate surface area is 72.2 Å². The van der Waals surface area contributed by atoms with E-state index in [9.17, 15) is 9.59 Å². The van der Waals surface area contributed by atoms with Crippen LogP contribution in [0.4, 0.5) is 0 Å². The summed E-state index contributed by atoms with van der Waals surface area (Å²) in [5.41, 5.74) is 0. The Bertz CT molecular complexity index is 199. The first kappa shape index (κ1) is 10.7. The molecule has 0 spiro atoms. The van der Waals surface area contributed by atoms with Gasteiger partial charge in [0.25, 0.3) is 0 Å². The number of rotatable bonds is 3. The minimum absolute atomic E-state index is 0.0171. The van der Waals surface area contributed by atoms with Crippen LogP contribution in [0.2, 0.25) is 0 Å². The van der Waals surface area contributed by atoms with Gasteiger partial charge in [0.05, 0.1) is 0 Å². The van der Waals surface area contributed by atoms with Crippen molar-refractivity contribution >= 4 is 11.8 Å². The molecule has 0 aliphatic rings. The summed E-state index contributed by atoms with van der Waals surface area (Å²) in [6.07, 6.45) is 3.04. The molecule has 1 N–H and O–H groups in total. The first-order chi connectivity index (χ1) is 5.57. The first-order valence-electron chi connectivity index (χ1n) is 3.68. The van der Waals surface area contributed by atoms with E-state index in [1.807, 2.05) is 0 Å². The van der Waals surface area contributed by atoms with Crippen LogP contribution < -0.4 is 5.32 Å². The molecule has 68 valence electrons. The van der Waals surface area contributed by atoms with Crippen molar-refractivity contribution in [3.8, 4) is 0 Å². The van der Waals surface area contributed by atoms with Gasteiger partial charge in [-0.3, -0.25) is 9.59 Å². The second-order valence-electron chi connectivity index (χ2n) is 2.42. The fourth-order valence-electron chi connectivity index (χ4n) is 0.530. The van der Waals surface area contributed by atoms with Crippen LogP contribution in [0.3, 0.4) is 0 Å². The molecule has 0 radical (unpaired) electrons. The van der Waals surface area contributed by atoms with E-state index in [1.54, 1.807) is 20.2 Å². The summed E-state index contributed by atoms with van der Waals surface area (Å²) in [5, 5.41) is 2.44. The van der Waals surface area contributed by atoms with Gasteiger partial charge in [-0.1, -0.05) is 6.08 Å². The van der Waals surface area contributed by atoms with Crippen molar-refractivity contribution in [2.24, 2.45) is 0 Å². The zero-order chi connectivity index (χ0) is 9.56. The third-order valence-corrected chi connectivity index (χ3v) is 1.43. The molecule has 4 nitrogen and oxygen atoms in total. The van der Waals surface area contributed by atoms with Crippen LogP contribution in [0, 0.1) is 0 Å². The second-order valence-corrected chi connectivity index (χ2v) is 2.42. The molecule has 2 amide bonds. The summed E-state index contributed by atoms with van der Waals surface area (Å²) in [7, 11) is 3.23. The van der Waals surface area contributed by atoms with Crippen LogP contribution >= 0.6 is 0 Å². The van der Waals surface area contributed by atoms with Crippen LogP contribution in [0.5, 0.6) is 0 Å². The van der Waals surface area contributed by atoms with Gasteiger partial charge in [0.1, 0.15) is 0 Å². The van der Waals surface area contributed by atoms with E-state index in [2.05, 4.69) is 5.32 Å². The fourth-order valence-corrected chi connectivity index (χ4v) is 0.530. The Balaban J connectivity index is 3.74. The number of hydrogen-bond acceptors (Lipinski definition) is 2. The average Bonchev–Trinajstić information content (AvgIpc) is 2.03. The highest BCUT2D eigenvalue weighted by Gasteiger charge is 1.97. The third-order valence-electron chi connectivity index (χ3n) is 1.43. The minimum atomic E-state index is -0.160. The molecule has 0 saturated heterocycles. The fraction of sp³-hybridized carbons (Fsp3) is 0.500. The number of carbonyl (C=O) groups is 2. The Morgan fingerprint density at radius 2 is 2.08 bits per heavy atom. The van der Waals surface area contributed by atoms with Gasteiger partial charge in [-0.15, -0.1) is 0 Å². The van der Waals surface area contributed by atoms with E-state index in [0.29, 0.717) is 6.54 Å². The molecule has 0 atom stereocenters. The van der Waals surface area contributed by atoms with Gasteiger partial charge in [-0.25, -0.2) is 0 Å². The van der Waals surface area contributed by atoms with E-state index >= 15 is 0 Å². The van der Waals surface area contributed by atoms with Crippen molar-refractivity contribution in [2.75, 3.05) is 20.6 Å². The number of likely N-dealkylation sites (N-methyl/N-ethyl adjacent to an activating group) is 2. The second kappa shape index (κ2) is 5.35. The standard InChI is InChI=1S/C8H14N2O2/c1-7(11)10(3)6-4-5-8(12)9-2/h4-5H,6H2,1-3H3,(H,9,12)/b5-4+. The van der Waals surface area contributed by atoms with E-state index in [4.69, 9.17) is 0 Å². The highest BCUT2D eigenvalue weighted by atomic mass is 16.2. The van der Waals surface area contributed by atoms with E-state index in [1.165, 1.54) is 17.9 Å². The Kier molecular flexibility index (Phi) is 4.76. The van der Waals surface area contributed by atoms with Gasteiger partial charge in [-0.05, 0) is 0 Å². The maximum Gasteiger partial charge on any atom is 0.243 e. The Morgan fingerprint density at radius 3 is 2.50 bits per heavy atom. The predicted octanol–water partition coefficient (Wildman–Crippen LogP) is -0.233. The number of amides is 2. The molecule has 0 heterocycles. The predicted molar refractivity (Wildman–Crippen MR) is 46.5 cm³/mol. The summed E-state index contributed by atoms with van der Waals surface area (Å²) < 4.78 is 0. The molecular weight excluding hydrogens is 156 g/mol. The number of hydrogen-bond donors (Lipinski definition) is 1. The quantitative estimate of drug-likeness (QED) is 0.595. The molecule has 0 fully saturated rings. The maximum atomic E-state index is 10.7. The lowest BCUT2D eigenvalue weighted by Crippen LogP contribution is -2.24. The highest BCUT2D eigenvalue weighted by molar-refractivity contribution is 5.87. The van der Waals surface area contributed by atoms with Crippen LogP contribution in [0.15, 0.2) is 12.2 Å². The van der Waals surface area contributed by atoms with Gasteiger partial charge in [0, 0.05) is 33.6 Å². The first-order valence-corrected chi connectivity index (χ1v) is 3.68. The molecule has 12 heavy (non-hydrogen) atoms. The SMILES string of the molecule is CNC(=O)/C=C/CN(C)C(C)=O. The van der Waals surface area contributed by atoms with Gasteiger partial charge in [0.15, 0.2) is 0 Å². The average molecular weight is 170 g/mol. The topological polar surface area (TPSA) is 49.4 Å². The van der Waals surface area contributed by atoms with Crippen molar-refractivity contribution < 1.29 is 9.59 Å². The Hall–Kier alpha value is -1.32. The monoisotopic (exact) mass is 170 g/mol. The molecule has 0 unspecified atom stereocenters. The molecule has 0 aromatic carbocycles. The van der Waals surface area contributed by atoms with Crippen LogP contribution in [-0.4, -0.2) is 37.4 Å². The number of carbonyl (C=O) groups excluding carboxylic acids is 2. The summed E-state index contributed by atoms with van der Waals surface area (Å²) in [6, 6.07) is 0. The minimum Gasteiger partial charge on any atom is -0.356 e. The smallest absolute Gasteiger partial charge is 0.243 e. The van der Waals surface area contributed by atoms with Crippen LogP contribution in [0.25, 0.3) is 0 Å². The summed E-state index contributed by atoms with van der Waals surface area (Å²) in [4.78, 5) is 22.9. The molecule has 0 bridgehead atoms. The normalized spacial score (nSPS) is 9.92. The van der Waals surface area contributed by atoms with Crippen LogP contribution in [0.1, 0.15) is 6.92 Å². The van der Waals surface area contributed by atoms with Gasteiger partial charge >= 0.3 is 0 Å². The summed E-state index contributed by atoms with van der Waals surface area (Å²) in [5.74, 6) is -0.177. The maximum absolute atomic E-state index is 10.7. The molecule has 0 aliphatic heterocycles. The molecule has 0 aromatic rings. The van der Waals surface area contributed by atoms with Crippen molar-refractivity contribution in [1.29, 1.82) is 0 Å². The van der Waals surface area contributed by atoms with Gasteiger partial charge in [-0.2, -0.15) is 0 Å².